The average molecular weight is 234 g/mol. The first kappa shape index (κ1) is 11.9. The van der Waals surface area contributed by atoms with E-state index in [-0.39, 0.29) is 17.7 Å². The summed E-state index contributed by atoms with van der Waals surface area (Å²) < 4.78 is 0. The first-order valence-corrected chi connectivity index (χ1v) is 5.93. The molecular formula is C13H18N2O2. The van der Waals surface area contributed by atoms with E-state index in [4.69, 9.17) is 5.73 Å². The van der Waals surface area contributed by atoms with Gasteiger partial charge in [0.25, 0.3) is 5.91 Å². The quantitative estimate of drug-likeness (QED) is 0.769. The van der Waals surface area contributed by atoms with Crippen molar-refractivity contribution in [3.05, 3.63) is 29.3 Å². The predicted molar refractivity (Wildman–Crippen MR) is 66.0 cm³/mol. The number of likely N-dealkylation sites (tertiary alicyclic amines) is 1. The van der Waals surface area contributed by atoms with Crippen molar-refractivity contribution in [1.82, 2.24) is 4.90 Å². The second-order valence-corrected chi connectivity index (χ2v) is 4.58. The van der Waals surface area contributed by atoms with Gasteiger partial charge in [-0.15, -0.1) is 0 Å². The molecule has 0 aromatic heterocycles. The van der Waals surface area contributed by atoms with Crippen LogP contribution in [0.5, 0.6) is 5.75 Å². The van der Waals surface area contributed by atoms with Crippen LogP contribution in [0.25, 0.3) is 0 Å². The van der Waals surface area contributed by atoms with Crippen LogP contribution in [0.4, 0.5) is 0 Å². The number of hydrogen-bond donors (Lipinski definition) is 2. The molecule has 1 aromatic rings. The fraction of sp³-hybridized carbons (Fsp3) is 0.462. The van der Waals surface area contributed by atoms with Crippen LogP contribution in [-0.4, -0.2) is 35.0 Å². The minimum Gasteiger partial charge on any atom is -0.508 e. The van der Waals surface area contributed by atoms with Crippen molar-refractivity contribution in [2.24, 2.45) is 5.73 Å². The lowest BCUT2D eigenvalue weighted by Crippen LogP contribution is -2.43. The van der Waals surface area contributed by atoms with E-state index in [0.717, 1.165) is 12.8 Å². The standard InChI is InChI=1S/C13H18N2O2/c1-9-11(3-2-4-12(9)16)13(17)15-7-5-10(14)6-8-15/h2-4,10,16H,5-8,14H2,1H3. The molecule has 1 fully saturated rings. The summed E-state index contributed by atoms with van der Waals surface area (Å²) in [5.41, 5.74) is 7.04. The van der Waals surface area contributed by atoms with Crippen LogP contribution in [0.2, 0.25) is 0 Å². The number of carbonyl (C=O) groups excluding carboxylic acids is 1. The summed E-state index contributed by atoms with van der Waals surface area (Å²) in [7, 11) is 0. The number of piperidine rings is 1. The lowest BCUT2D eigenvalue weighted by atomic mass is 10.0. The van der Waals surface area contributed by atoms with Crippen LogP contribution >= 0.6 is 0 Å². The smallest absolute Gasteiger partial charge is 0.254 e. The van der Waals surface area contributed by atoms with E-state index in [9.17, 15) is 9.90 Å². The highest BCUT2D eigenvalue weighted by atomic mass is 16.3. The second kappa shape index (κ2) is 4.75. The summed E-state index contributed by atoms with van der Waals surface area (Å²) in [6.45, 7) is 3.17. The molecule has 2 rings (SSSR count). The Kier molecular flexibility index (Phi) is 3.33. The van der Waals surface area contributed by atoms with Gasteiger partial charge in [0, 0.05) is 30.3 Å². The van der Waals surface area contributed by atoms with E-state index in [1.54, 1.807) is 25.1 Å². The number of benzene rings is 1. The molecule has 1 amide bonds. The SMILES string of the molecule is Cc1c(O)cccc1C(=O)N1CCC(N)CC1. The minimum atomic E-state index is -0.00898. The van der Waals surface area contributed by atoms with E-state index in [0.29, 0.717) is 24.2 Å². The normalized spacial score (nSPS) is 17.2. The summed E-state index contributed by atoms with van der Waals surface area (Å²) in [5, 5.41) is 9.60. The van der Waals surface area contributed by atoms with Gasteiger partial charge in [-0.2, -0.15) is 0 Å². The van der Waals surface area contributed by atoms with Crippen LogP contribution in [0.15, 0.2) is 18.2 Å². The minimum absolute atomic E-state index is 0.00898. The topological polar surface area (TPSA) is 66.6 Å². The average Bonchev–Trinajstić information content (AvgIpc) is 2.33. The number of nitrogens with zero attached hydrogens (tertiary/aromatic N) is 1. The maximum Gasteiger partial charge on any atom is 0.254 e. The second-order valence-electron chi connectivity index (χ2n) is 4.58. The van der Waals surface area contributed by atoms with Crippen molar-refractivity contribution >= 4 is 5.91 Å². The van der Waals surface area contributed by atoms with Crippen molar-refractivity contribution < 1.29 is 9.90 Å². The molecule has 4 heteroatoms. The summed E-state index contributed by atoms with van der Waals surface area (Å²) in [4.78, 5) is 14.1. The van der Waals surface area contributed by atoms with Crippen LogP contribution in [0.3, 0.4) is 0 Å². The highest BCUT2D eigenvalue weighted by Crippen LogP contribution is 2.22. The van der Waals surface area contributed by atoms with Gasteiger partial charge >= 0.3 is 0 Å². The number of nitrogens with two attached hydrogens (primary N) is 1. The van der Waals surface area contributed by atoms with E-state index in [2.05, 4.69) is 0 Å². The molecule has 1 aromatic carbocycles. The van der Waals surface area contributed by atoms with Crippen LogP contribution < -0.4 is 5.73 Å². The van der Waals surface area contributed by atoms with Crippen molar-refractivity contribution in [1.29, 1.82) is 0 Å². The molecule has 17 heavy (non-hydrogen) atoms. The van der Waals surface area contributed by atoms with E-state index in [1.807, 2.05) is 4.90 Å². The predicted octanol–water partition coefficient (Wildman–Crippen LogP) is 1.26. The third-order valence-electron chi connectivity index (χ3n) is 3.36. The van der Waals surface area contributed by atoms with E-state index >= 15 is 0 Å². The van der Waals surface area contributed by atoms with Gasteiger partial charge in [0.05, 0.1) is 0 Å². The number of rotatable bonds is 1. The van der Waals surface area contributed by atoms with Crippen LogP contribution in [0.1, 0.15) is 28.8 Å². The molecular weight excluding hydrogens is 216 g/mol. The number of carbonyl (C=O) groups is 1. The van der Waals surface area contributed by atoms with Gasteiger partial charge in [-0.3, -0.25) is 4.79 Å². The maximum atomic E-state index is 12.3. The maximum absolute atomic E-state index is 12.3. The van der Waals surface area contributed by atoms with E-state index in [1.165, 1.54) is 0 Å². The zero-order valence-corrected chi connectivity index (χ0v) is 10.0. The summed E-state index contributed by atoms with van der Waals surface area (Å²) >= 11 is 0. The Balaban J connectivity index is 2.17. The molecule has 0 aliphatic carbocycles. The number of amides is 1. The Bertz CT molecular complexity index is 423. The molecule has 0 spiro atoms. The Labute approximate surface area is 101 Å². The van der Waals surface area contributed by atoms with Gasteiger partial charge < -0.3 is 15.7 Å². The van der Waals surface area contributed by atoms with Crippen LogP contribution in [-0.2, 0) is 0 Å². The molecule has 1 aliphatic rings. The monoisotopic (exact) mass is 234 g/mol. The van der Waals surface area contributed by atoms with Gasteiger partial charge in [-0.25, -0.2) is 0 Å². The van der Waals surface area contributed by atoms with Crippen molar-refractivity contribution in [2.45, 2.75) is 25.8 Å². The fourth-order valence-electron chi connectivity index (χ4n) is 2.13. The Morgan fingerprint density at radius 1 is 1.41 bits per heavy atom. The first-order chi connectivity index (χ1) is 8.09. The Hall–Kier alpha value is -1.55. The fourth-order valence-corrected chi connectivity index (χ4v) is 2.13. The number of phenolic OH excluding ortho intramolecular Hbond substituents is 1. The van der Waals surface area contributed by atoms with Crippen molar-refractivity contribution in [3.8, 4) is 5.75 Å². The molecule has 4 nitrogen and oxygen atoms in total. The first-order valence-electron chi connectivity index (χ1n) is 5.93. The van der Waals surface area contributed by atoms with Gasteiger partial charge in [0.15, 0.2) is 0 Å². The molecule has 1 heterocycles. The zero-order valence-electron chi connectivity index (χ0n) is 10.0. The third-order valence-corrected chi connectivity index (χ3v) is 3.36. The lowest BCUT2D eigenvalue weighted by molar-refractivity contribution is 0.0713. The largest absolute Gasteiger partial charge is 0.508 e. The Morgan fingerprint density at radius 3 is 2.71 bits per heavy atom. The molecule has 0 radical (unpaired) electrons. The zero-order chi connectivity index (χ0) is 12.4. The molecule has 0 bridgehead atoms. The molecule has 92 valence electrons. The number of hydrogen-bond acceptors (Lipinski definition) is 3. The highest BCUT2D eigenvalue weighted by Gasteiger charge is 2.23. The Morgan fingerprint density at radius 2 is 2.06 bits per heavy atom. The molecule has 1 saturated heterocycles. The number of phenols is 1. The summed E-state index contributed by atoms with van der Waals surface area (Å²) in [5.74, 6) is 0.162. The third kappa shape index (κ3) is 2.42. The molecule has 3 N–H and O–H groups in total. The van der Waals surface area contributed by atoms with E-state index < -0.39 is 0 Å². The number of aromatic hydroxyl groups is 1. The summed E-state index contributed by atoms with van der Waals surface area (Å²) in [6, 6.07) is 5.26. The van der Waals surface area contributed by atoms with Crippen LogP contribution in [0, 0.1) is 6.92 Å². The summed E-state index contributed by atoms with van der Waals surface area (Å²) in [6.07, 6.45) is 1.70. The van der Waals surface area contributed by atoms with Gasteiger partial charge in [-0.05, 0) is 31.9 Å². The highest BCUT2D eigenvalue weighted by molar-refractivity contribution is 5.96. The van der Waals surface area contributed by atoms with Crippen molar-refractivity contribution in [3.63, 3.8) is 0 Å². The van der Waals surface area contributed by atoms with Crippen molar-refractivity contribution in [2.75, 3.05) is 13.1 Å². The van der Waals surface area contributed by atoms with Gasteiger partial charge in [0.2, 0.25) is 0 Å². The van der Waals surface area contributed by atoms with Gasteiger partial charge in [0.1, 0.15) is 5.75 Å². The molecule has 1 aliphatic heterocycles. The van der Waals surface area contributed by atoms with Gasteiger partial charge in [-0.1, -0.05) is 6.07 Å². The molecule has 0 saturated carbocycles. The lowest BCUT2D eigenvalue weighted by Gasteiger charge is -2.30. The molecule has 0 unspecified atom stereocenters. The molecule has 0 atom stereocenters.